The van der Waals surface area contributed by atoms with Crippen LogP contribution in [0.4, 0.5) is 5.69 Å². The first-order chi connectivity index (χ1) is 16.8. The van der Waals surface area contributed by atoms with Gasteiger partial charge in [-0.25, -0.2) is 8.42 Å². The Balaban J connectivity index is 2.54. The van der Waals surface area contributed by atoms with E-state index < -0.39 is 28.5 Å². The smallest absolute Gasteiger partial charge is 0.244 e. The highest BCUT2D eigenvalue weighted by Gasteiger charge is 2.33. The van der Waals surface area contributed by atoms with Crippen LogP contribution >= 0.6 is 34.8 Å². The Morgan fingerprint density at radius 3 is 2.25 bits per heavy atom. The second-order valence-corrected chi connectivity index (χ2v) is 11.6. The van der Waals surface area contributed by atoms with Gasteiger partial charge in [0.2, 0.25) is 21.8 Å². The molecule has 2 aromatic rings. The predicted molar refractivity (Wildman–Crippen MR) is 145 cm³/mol. The van der Waals surface area contributed by atoms with E-state index in [1.165, 1.54) is 24.1 Å². The van der Waals surface area contributed by atoms with Gasteiger partial charge in [-0.05, 0) is 56.2 Å². The summed E-state index contributed by atoms with van der Waals surface area (Å²) in [5.41, 5.74) is 0.731. The molecule has 0 aromatic heterocycles. The fourth-order valence-electron chi connectivity index (χ4n) is 3.59. The van der Waals surface area contributed by atoms with E-state index in [0.717, 1.165) is 10.6 Å². The molecule has 2 amide bonds. The van der Waals surface area contributed by atoms with Crippen LogP contribution in [0.5, 0.6) is 5.75 Å². The zero-order chi connectivity index (χ0) is 27.2. The molecule has 198 valence electrons. The zero-order valence-electron chi connectivity index (χ0n) is 20.7. The number of ether oxygens (including phenoxy) is 1. The van der Waals surface area contributed by atoms with Gasteiger partial charge < -0.3 is 15.0 Å². The van der Waals surface area contributed by atoms with Crippen LogP contribution in [0.15, 0.2) is 36.4 Å². The average Bonchev–Trinajstić information content (AvgIpc) is 2.78. The zero-order valence-corrected chi connectivity index (χ0v) is 23.8. The lowest BCUT2D eigenvalue weighted by Gasteiger charge is -2.33. The molecule has 1 atom stereocenters. The third-order valence-electron chi connectivity index (χ3n) is 5.24. The Bertz CT molecular complexity index is 1210. The van der Waals surface area contributed by atoms with E-state index in [1.54, 1.807) is 31.2 Å². The molecule has 2 aromatic carbocycles. The summed E-state index contributed by atoms with van der Waals surface area (Å²) in [5, 5.41) is 3.73. The summed E-state index contributed by atoms with van der Waals surface area (Å²) in [5.74, 6) is -0.732. The molecule has 0 saturated heterocycles. The number of sulfonamides is 1. The Labute approximate surface area is 227 Å². The Kier molecular flexibility index (Phi) is 10.7. The minimum atomic E-state index is -3.94. The highest BCUT2D eigenvalue weighted by Crippen LogP contribution is 2.33. The molecular weight excluding hydrogens is 549 g/mol. The van der Waals surface area contributed by atoms with Crippen LogP contribution in [0, 0.1) is 0 Å². The number of rotatable bonds is 11. The number of benzene rings is 2. The normalized spacial score (nSPS) is 12.2. The number of anilines is 1. The van der Waals surface area contributed by atoms with Gasteiger partial charge in [0.15, 0.2) is 0 Å². The van der Waals surface area contributed by atoms with Gasteiger partial charge in [0.05, 0.1) is 29.1 Å². The summed E-state index contributed by atoms with van der Waals surface area (Å²) in [6.07, 6.45) is 1.28. The van der Waals surface area contributed by atoms with Crippen molar-refractivity contribution in [3.63, 3.8) is 0 Å². The van der Waals surface area contributed by atoms with Gasteiger partial charge in [0, 0.05) is 17.6 Å². The van der Waals surface area contributed by atoms with Crippen molar-refractivity contribution in [3.05, 3.63) is 57.0 Å². The van der Waals surface area contributed by atoms with E-state index >= 15 is 0 Å². The maximum Gasteiger partial charge on any atom is 0.244 e. The molecule has 0 fully saturated rings. The fourth-order valence-corrected chi connectivity index (χ4v) is 4.92. The molecular formula is C24H30Cl3N3O5S. The molecule has 0 aliphatic heterocycles. The number of hydrogen-bond donors (Lipinski definition) is 1. The van der Waals surface area contributed by atoms with Gasteiger partial charge >= 0.3 is 0 Å². The van der Waals surface area contributed by atoms with Gasteiger partial charge in [-0.2, -0.15) is 0 Å². The molecule has 1 N–H and O–H groups in total. The number of nitrogens with zero attached hydrogens (tertiary/aromatic N) is 2. The Morgan fingerprint density at radius 1 is 1.06 bits per heavy atom. The van der Waals surface area contributed by atoms with Crippen molar-refractivity contribution in [1.29, 1.82) is 0 Å². The maximum absolute atomic E-state index is 13.7. The molecule has 0 aliphatic rings. The molecule has 8 nitrogen and oxygen atoms in total. The van der Waals surface area contributed by atoms with E-state index in [1.807, 2.05) is 13.8 Å². The van der Waals surface area contributed by atoms with Crippen molar-refractivity contribution in [1.82, 2.24) is 10.2 Å². The van der Waals surface area contributed by atoms with Gasteiger partial charge in [-0.15, -0.1) is 0 Å². The SMILES string of the molecule is CC[C@@H](C(=O)NC(C)C)N(Cc1ccc(Cl)c(Cl)c1)C(=O)CN(c1cc(Cl)ccc1OC)S(C)(=O)=O. The Hall–Kier alpha value is -2.20. The molecule has 0 heterocycles. The van der Waals surface area contributed by atoms with Crippen molar-refractivity contribution in [3.8, 4) is 5.75 Å². The van der Waals surface area contributed by atoms with E-state index in [2.05, 4.69) is 5.32 Å². The lowest BCUT2D eigenvalue weighted by atomic mass is 10.1. The lowest BCUT2D eigenvalue weighted by Crippen LogP contribution is -2.53. The van der Waals surface area contributed by atoms with Crippen molar-refractivity contribution in [2.24, 2.45) is 0 Å². The van der Waals surface area contributed by atoms with Crippen molar-refractivity contribution in [2.45, 2.75) is 45.8 Å². The topological polar surface area (TPSA) is 96.0 Å². The molecule has 12 heteroatoms. The van der Waals surface area contributed by atoms with E-state index in [0.29, 0.717) is 22.0 Å². The highest BCUT2D eigenvalue weighted by molar-refractivity contribution is 7.92. The lowest BCUT2D eigenvalue weighted by molar-refractivity contribution is -0.140. The van der Waals surface area contributed by atoms with Crippen LogP contribution in [-0.4, -0.2) is 57.1 Å². The second kappa shape index (κ2) is 12.9. The predicted octanol–water partition coefficient (Wildman–Crippen LogP) is 4.75. The summed E-state index contributed by atoms with van der Waals surface area (Å²) in [7, 11) is -2.56. The minimum Gasteiger partial charge on any atom is -0.495 e. The van der Waals surface area contributed by atoms with Crippen LogP contribution < -0.4 is 14.4 Å². The third-order valence-corrected chi connectivity index (χ3v) is 7.34. The van der Waals surface area contributed by atoms with E-state index in [-0.39, 0.29) is 35.0 Å². The summed E-state index contributed by atoms with van der Waals surface area (Å²) in [6.45, 7) is 4.82. The summed E-state index contributed by atoms with van der Waals surface area (Å²) in [4.78, 5) is 28.1. The first-order valence-electron chi connectivity index (χ1n) is 11.1. The molecule has 0 radical (unpaired) electrons. The quantitative estimate of drug-likeness (QED) is 0.415. The number of amides is 2. The van der Waals surface area contributed by atoms with Gasteiger partial charge in [0.25, 0.3) is 0 Å². The number of methoxy groups -OCH3 is 1. The number of hydrogen-bond acceptors (Lipinski definition) is 5. The number of halogens is 3. The van der Waals surface area contributed by atoms with Crippen LogP contribution in [0.1, 0.15) is 32.8 Å². The summed E-state index contributed by atoms with van der Waals surface area (Å²) < 4.78 is 31.8. The second-order valence-electron chi connectivity index (χ2n) is 8.44. The van der Waals surface area contributed by atoms with Crippen LogP contribution in [0.3, 0.4) is 0 Å². The number of nitrogens with one attached hydrogen (secondary N) is 1. The number of carbonyl (C=O) groups is 2. The van der Waals surface area contributed by atoms with E-state index in [9.17, 15) is 18.0 Å². The van der Waals surface area contributed by atoms with Crippen LogP contribution in [0.2, 0.25) is 15.1 Å². The average molecular weight is 579 g/mol. The highest BCUT2D eigenvalue weighted by atomic mass is 35.5. The molecule has 2 rings (SSSR count). The molecule has 0 bridgehead atoms. The molecule has 0 unspecified atom stereocenters. The fraction of sp³-hybridized carbons (Fsp3) is 0.417. The molecule has 0 aliphatic carbocycles. The molecule has 36 heavy (non-hydrogen) atoms. The van der Waals surface area contributed by atoms with Crippen LogP contribution in [0.25, 0.3) is 0 Å². The van der Waals surface area contributed by atoms with Gasteiger partial charge in [-0.1, -0.05) is 47.8 Å². The van der Waals surface area contributed by atoms with Crippen molar-refractivity contribution >= 4 is 62.3 Å². The van der Waals surface area contributed by atoms with E-state index in [4.69, 9.17) is 39.5 Å². The first kappa shape index (κ1) is 30.0. The maximum atomic E-state index is 13.7. The monoisotopic (exact) mass is 577 g/mol. The number of carbonyl (C=O) groups excluding carboxylic acids is 2. The summed E-state index contributed by atoms with van der Waals surface area (Å²) in [6, 6.07) is 8.33. The van der Waals surface area contributed by atoms with Crippen molar-refractivity contribution < 1.29 is 22.7 Å². The standard InChI is InChI=1S/C24H30Cl3N3O5S/c1-6-20(24(32)28-15(2)3)29(13-16-7-9-18(26)19(27)11-16)23(31)14-30(36(5,33)34)21-12-17(25)8-10-22(21)35-4/h7-12,15,20H,6,13-14H2,1-5H3,(H,28,32)/t20-/m0/s1. The minimum absolute atomic E-state index is 0.00399. The van der Waals surface area contributed by atoms with Gasteiger partial charge in [0.1, 0.15) is 18.3 Å². The van der Waals surface area contributed by atoms with Crippen molar-refractivity contribution in [2.75, 3.05) is 24.2 Å². The molecule has 0 saturated carbocycles. The Morgan fingerprint density at radius 2 is 1.72 bits per heavy atom. The van der Waals surface area contributed by atoms with Gasteiger partial charge in [-0.3, -0.25) is 13.9 Å². The third kappa shape index (κ3) is 7.90. The first-order valence-corrected chi connectivity index (χ1v) is 14.1. The molecule has 0 spiro atoms. The largest absolute Gasteiger partial charge is 0.495 e. The van der Waals surface area contributed by atoms with Crippen LogP contribution in [-0.2, 0) is 26.2 Å². The summed E-state index contributed by atoms with van der Waals surface area (Å²) >= 11 is 18.3.